The minimum atomic E-state index is -3.77. The van der Waals surface area contributed by atoms with Gasteiger partial charge in [0, 0.05) is 12.6 Å². The second-order valence-electron chi connectivity index (χ2n) is 6.36. The maximum Gasteiger partial charge on any atom is 0.252 e. The number of hydrogen-bond acceptors (Lipinski definition) is 5. The first kappa shape index (κ1) is 21.3. The van der Waals surface area contributed by atoms with Gasteiger partial charge in [0.25, 0.3) is 5.91 Å². The third-order valence-corrected chi connectivity index (χ3v) is 5.78. The summed E-state index contributed by atoms with van der Waals surface area (Å²) >= 11 is 0. The number of carbonyl (C=O) groups excluding carboxylic acids is 2. The second-order valence-corrected chi connectivity index (χ2v) is 8.13. The Kier molecular flexibility index (Phi) is 6.65. The van der Waals surface area contributed by atoms with Gasteiger partial charge in [-0.2, -0.15) is 0 Å². The number of benzene rings is 2. The van der Waals surface area contributed by atoms with E-state index < -0.39 is 22.0 Å². The van der Waals surface area contributed by atoms with Crippen LogP contribution in [-0.4, -0.2) is 27.3 Å². The normalized spacial score (nSPS) is 12.2. The van der Waals surface area contributed by atoms with E-state index in [-0.39, 0.29) is 22.9 Å². The van der Waals surface area contributed by atoms with Gasteiger partial charge in [-0.25, -0.2) is 13.1 Å². The molecule has 0 fully saturated rings. The van der Waals surface area contributed by atoms with Gasteiger partial charge in [-0.05, 0) is 42.0 Å². The Morgan fingerprint density at radius 3 is 2.27 bits per heavy atom. The Labute approximate surface area is 174 Å². The molecule has 1 heterocycles. The Bertz CT molecular complexity index is 1100. The van der Waals surface area contributed by atoms with Crippen LogP contribution in [-0.2, 0) is 21.4 Å². The monoisotopic (exact) mass is 427 g/mol. The largest absolute Gasteiger partial charge is 0.468 e. The molecule has 0 saturated carbocycles. The third-order valence-electron chi connectivity index (χ3n) is 4.36. The first-order chi connectivity index (χ1) is 14.4. The first-order valence-corrected chi connectivity index (χ1v) is 10.6. The molecule has 1 aromatic heterocycles. The van der Waals surface area contributed by atoms with E-state index in [2.05, 4.69) is 15.4 Å². The minimum Gasteiger partial charge on any atom is -0.468 e. The highest BCUT2D eigenvalue weighted by Crippen LogP contribution is 2.16. The number of amides is 2. The van der Waals surface area contributed by atoms with Crippen molar-refractivity contribution < 1.29 is 22.4 Å². The van der Waals surface area contributed by atoms with Gasteiger partial charge in [-0.1, -0.05) is 30.3 Å². The van der Waals surface area contributed by atoms with E-state index in [0.717, 1.165) is 0 Å². The van der Waals surface area contributed by atoms with Crippen molar-refractivity contribution in [2.24, 2.45) is 0 Å². The van der Waals surface area contributed by atoms with Gasteiger partial charge < -0.3 is 15.1 Å². The Morgan fingerprint density at radius 1 is 0.967 bits per heavy atom. The maximum atomic E-state index is 12.6. The van der Waals surface area contributed by atoms with Crippen LogP contribution in [0.15, 0.2) is 82.3 Å². The van der Waals surface area contributed by atoms with E-state index >= 15 is 0 Å². The van der Waals surface area contributed by atoms with Gasteiger partial charge in [0.15, 0.2) is 0 Å². The Hall–Kier alpha value is -3.43. The second kappa shape index (κ2) is 9.38. The van der Waals surface area contributed by atoms with E-state index in [1.165, 1.54) is 37.6 Å². The number of hydrogen-bond donors (Lipinski definition) is 3. The highest BCUT2D eigenvalue weighted by molar-refractivity contribution is 7.89. The maximum absolute atomic E-state index is 12.6. The van der Waals surface area contributed by atoms with Crippen LogP contribution in [0, 0.1) is 0 Å². The molecule has 3 N–H and O–H groups in total. The van der Waals surface area contributed by atoms with E-state index in [0.29, 0.717) is 11.3 Å². The van der Waals surface area contributed by atoms with Crippen LogP contribution in [0.2, 0.25) is 0 Å². The number of carbonyl (C=O) groups is 2. The summed E-state index contributed by atoms with van der Waals surface area (Å²) in [6, 6.07) is 16.7. The fourth-order valence-corrected chi connectivity index (χ4v) is 3.75. The number of sulfonamides is 1. The van der Waals surface area contributed by atoms with Crippen LogP contribution < -0.4 is 15.4 Å². The summed E-state index contributed by atoms with van der Waals surface area (Å²) in [7, 11) is -2.28. The quantitative estimate of drug-likeness (QED) is 0.508. The van der Waals surface area contributed by atoms with Crippen molar-refractivity contribution in [1.82, 2.24) is 15.4 Å². The van der Waals surface area contributed by atoms with E-state index in [1.807, 2.05) is 6.07 Å². The topological polar surface area (TPSA) is 118 Å². The summed E-state index contributed by atoms with van der Waals surface area (Å²) < 4.78 is 32.3. The molecule has 0 saturated heterocycles. The van der Waals surface area contributed by atoms with Crippen LogP contribution in [0.5, 0.6) is 0 Å². The average Bonchev–Trinajstić information content (AvgIpc) is 3.30. The number of nitrogens with one attached hydrogen (secondary N) is 3. The zero-order valence-corrected chi connectivity index (χ0v) is 17.0. The summed E-state index contributed by atoms with van der Waals surface area (Å²) in [6.45, 7) is 0.0163. The summed E-state index contributed by atoms with van der Waals surface area (Å²) in [6.07, 6.45) is 1.46. The molecule has 156 valence electrons. The third kappa shape index (κ3) is 5.13. The minimum absolute atomic E-state index is 0.0107. The molecule has 1 atom stereocenters. The van der Waals surface area contributed by atoms with Crippen molar-refractivity contribution >= 4 is 21.8 Å². The number of furan rings is 1. The van der Waals surface area contributed by atoms with Crippen molar-refractivity contribution in [3.8, 4) is 0 Å². The Balaban J connectivity index is 1.71. The molecular weight excluding hydrogens is 406 g/mol. The average molecular weight is 427 g/mol. The molecule has 0 radical (unpaired) electrons. The van der Waals surface area contributed by atoms with Crippen molar-refractivity contribution in [3.63, 3.8) is 0 Å². The Morgan fingerprint density at radius 2 is 1.67 bits per heavy atom. The molecule has 9 heteroatoms. The van der Waals surface area contributed by atoms with Gasteiger partial charge in [0.05, 0.1) is 17.7 Å². The number of rotatable bonds is 8. The molecule has 2 amide bonds. The van der Waals surface area contributed by atoms with Crippen molar-refractivity contribution in [2.75, 3.05) is 7.05 Å². The lowest BCUT2D eigenvalue weighted by Gasteiger charge is -2.18. The standard InChI is InChI=1S/C21H21N3O5S/c1-22-21(26)19(15-6-3-2-4-7-15)24-20(25)16-9-11-18(12-10-16)30(27,28)23-14-17-8-5-13-29-17/h2-13,19,23H,14H2,1H3,(H,22,26)(H,24,25)/t19-/m1/s1. The van der Waals surface area contributed by atoms with Crippen molar-refractivity contribution in [3.05, 3.63) is 89.9 Å². The van der Waals surface area contributed by atoms with Crippen LogP contribution in [0.4, 0.5) is 0 Å². The van der Waals surface area contributed by atoms with E-state index in [1.54, 1.807) is 36.4 Å². The van der Waals surface area contributed by atoms with Crippen molar-refractivity contribution in [2.45, 2.75) is 17.5 Å². The lowest BCUT2D eigenvalue weighted by atomic mass is 10.1. The lowest BCUT2D eigenvalue weighted by Crippen LogP contribution is -2.39. The zero-order chi connectivity index (χ0) is 21.6. The van der Waals surface area contributed by atoms with Crippen LogP contribution in [0.3, 0.4) is 0 Å². The van der Waals surface area contributed by atoms with Crippen LogP contribution in [0.1, 0.15) is 27.7 Å². The molecular formula is C21H21N3O5S. The molecule has 3 aromatic rings. The highest BCUT2D eigenvalue weighted by atomic mass is 32.2. The fourth-order valence-electron chi connectivity index (χ4n) is 2.75. The predicted octanol–water partition coefficient (Wildman–Crippen LogP) is 1.98. The summed E-state index contributed by atoms with van der Waals surface area (Å²) in [5.41, 5.74) is 0.858. The molecule has 8 nitrogen and oxygen atoms in total. The molecule has 0 aliphatic rings. The van der Waals surface area contributed by atoms with E-state index in [4.69, 9.17) is 4.42 Å². The first-order valence-electron chi connectivity index (χ1n) is 9.10. The molecule has 0 aliphatic carbocycles. The lowest BCUT2D eigenvalue weighted by molar-refractivity contribution is -0.122. The van der Waals surface area contributed by atoms with Gasteiger partial charge >= 0.3 is 0 Å². The van der Waals surface area contributed by atoms with Gasteiger partial charge in [0.1, 0.15) is 11.8 Å². The van der Waals surface area contributed by atoms with Crippen molar-refractivity contribution in [1.29, 1.82) is 0 Å². The predicted molar refractivity (Wildman–Crippen MR) is 110 cm³/mol. The summed E-state index contributed by atoms with van der Waals surface area (Å²) in [5.74, 6) is -0.383. The van der Waals surface area contributed by atoms with Gasteiger partial charge in [-0.15, -0.1) is 0 Å². The molecule has 0 aliphatic heterocycles. The van der Waals surface area contributed by atoms with Crippen LogP contribution >= 0.6 is 0 Å². The molecule has 0 bridgehead atoms. The highest BCUT2D eigenvalue weighted by Gasteiger charge is 2.22. The van der Waals surface area contributed by atoms with E-state index in [9.17, 15) is 18.0 Å². The molecule has 30 heavy (non-hydrogen) atoms. The summed E-state index contributed by atoms with van der Waals surface area (Å²) in [5, 5.41) is 5.20. The number of likely N-dealkylation sites (N-methyl/N-ethyl adjacent to an activating group) is 1. The van der Waals surface area contributed by atoms with Crippen LogP contribution in [0.25, 0.3) is 0 Å². The van der Waals surface area contributed by atoms with Gasteiger partial charge in [-0.3, -0.25) is 9.59 Å². The zero-order valence-electron chi connectivity index (χ0n) is 16.2. The SMILES string of the molecule is CNC(=O)[C@H](NC(=O)c1ccc(S(=O)(=O)NCc2ccco2)cc1)c1ccccc1. The smallest absolute Gasteiger partial charge is 0.252 e. The fraction of sp³-hybridized carbons (Fsp3) is 0.143. The summed E-state index contributed by atoms with van der Waals surface area (Å²) in [4.78, 5) is 24.8. The molecule has 0 unspecified atom stereocenters. The molecule has 0 spiro atoms. The molecule has 3 rings (SSSR count). The van der Waals surface area contributed by atoms with Gasteiger partial charge in [0.2, 0.25) is 15.9 Å². The molecule has 2 aromatic carbocycles.